The van der Waals surface area contributed by atoms with Gasteiger partial charge < -0.3 is 15.4 Å². The number of ketones is 2. The Morgan fingerprint density at radius 2 is 1.71 bits per heavy atom. The van der Waals surface area contributed by atoms with Crippen LogP contribution in [-0.4, -0.2) is 34.6 Å². The van der Waals surface area contributed by atoms with E-state index in [9.17, 15) is 19.7 Å². The predicted molar refractivity (Wildman–Crippen MR) is 130 cm³/mol. The number of nitro benzene ring substituents is 1. The molecule has 0 spiro atoms. The summed E-state index contributed by atoms with van der Waals surface area (Å²) in [6.45, 7) is 4.09. The Bertz CT molecular complexity index is 1290. The van der Waals surface area contributed by atoms with Gasteiger partial charge in [-0.2, -0.15) is 0 Å². The molecular weight excluding hydrogens is 436 g/mol. The molecule has 172 valence electrons. The fraction of sp³-hybridized carbons (Fsp3) is 0.160. The summed E-state index contributed by atoms with van der Waals surface area (Å²) in [5.74, 6) is -0.0356. The molecule has 2 N–H and O–H groups in total. The van der Waals surface area contributed by atoms with Gasteiger partial charge >= 0.3 is 0 Å². The van der Waals surface area contributed by atoms with Crippen molar-refractivity contribution < 1.29 is 19.2 Å². The number of nitrogens with one attached hydrogen (secondary N) is 2. The fourth-order valence-electron chi connectivity index (χ4n) is 3.33. The van der Waals surface area contributed by atoms with Crippen molar-refractivity contribution in [3.05, 3.63) is 88.0 Å². The molecule has 0 aromatic heterocycles. The Hall–Kier alpha value is -4.53. The summed E-state index contributed by atoms with van der Waals surface area (Å²) < 4.78 is 5.96. The van der Waals surface area contributed by atoms with Crippen molar-refractivity contribution in [2.45, 2.75) is 19.4 Å². The molecule has 1 aliphatic heterocycles. The number of non-ortho nitro benzene ring substituents is 1. The summed E-state index contributed by atoms with van der Waals surface area (Å²) in [6.07, 6.45) is 8.01. The van der Waals surface area contributed by atoms with Crippen LogP contribution in [0.2, 0.25) is 0 Å². The van der Waals surface area contributed by atoms with Crippen molar-refractivity contribution >= 4 is 40.7 Å². The summed E-state index contributed by atoms with van der Waals surface area (Å²) in [6, 6.07) is 11.5. The van der Waals surface area contributed by atoms with E-state index in [4.69, 9.17) is 4.74 Å². The number of benzene rings is 2. The van der Waals surface area contributed by atoms with Gasteiger partial charge in [0.05, 0.1) is 11.5 Å². The van der Waals surface area contributed by atoms with Crippen molar-refractivity contribution in [3.63, 3.8) is 0 Å². The topological polar surface area (TPSA) is 123 Å². The molecule has 0 atom stereocenters. The third kappa shape index (κ3) is 5.44. The van der Waals surface area contributed by atoms with E-state index in [0.717, 1.165) is 17.0 Å². The lowest BCUT2D eigenvalue weighted by molar-refractivity contribution is -0.384. The second-order valence-corrected chi connectivity index (χ2v) is 8.29. The predicted octanol–water partition coefficient (Wildman–Crippen LogP) is 4.29. The zero-order valence-electron chi connectivity index (χ0n) is 18.6. The number of nitro groups is 1. The Labute approximate surface area is 195 Å². The maximum absolute atomic E-state index is 11.7. The van der Waals surface area contributed by atoms with Gasteiger partial charge in [-0.3, -0.25) is 19.7 Å². The van der Waals surface area contributed by atoms with Gasteiger partial charge in [-0.15, -0.1) is 0 Å². The van der Waals surface area contributed by atoms with Gasteiger partial charge in [-0.25, -0.2) is 4.99 Å². The van der Waals surface area contributed by atoms with E-state index in [2.05, 4.69) is 15.6 Å². The first-order valence-corrected chi connectivity index (χ1v) is 10.5. The monoisotopic (exact) mass is 458 g/mol. The van der Waals surface area contributed by atoms with Crippen LogP contribution < -0.4 is 15.4 Å². The SMILES string of the molecule is CC1(C)C=Cc2cc(NC(=NCC3=CC(=O)C(=O)C=C3)Nc3ccc([N+](=O)[O-])cc3)ccc2O1. The number of allylic oxidation sites excluding steroid dienone is 2. The number of anilines is 2. The minimum Gasteiger partial charge on any atom is -0.483 e. The van der Waals surface area contributed by atoms with Crippen LogP contribution in [0.3, 0.4) is 0 Å². The maximum atomic E-state index is 11.7. The highest BCUT2D eigenvalue weighted by molar-refractivity contribution is 6.46. The molecule has 1 heterocycles. The van der Waals surface area contributed by atoms with Gasteiger partial charge in [-0.1, -0.05) is 12.2 Å². The molecule has 0 amide bonds. The van der Waals surface area contributed by atoms with E-state index in [1.54, 1.807) is 18.2 Å². The smallest absolute Gasteiger partial charge is 0.269 e. The van der Waals surface area contributed by atoms with Gasteiger partial charge in [0.25, 0.3) is 5.69 Å². The van der Waals surface area contributed by atoms with Crippen molar-refractivity contribution in [1.29, 1.82) is 0 Å². The van der Waals surface area contributed by atoms with Gasteiger partial charge in [0, 0.05) is 29.1 Å². The molecule has 9 heteroatoms. The molecular formula is C25H22N4O5. The second-order valence-electron chi connectivity index (χ2n) is 8.29. The first kappa shape index (κ1) is 22.7. The lowest BCUT2D eigenvalue weighted by Crippen LogP contribution is -2.27. The zero-order valence-corrected chi connectivity index (χ0v) is 18.6. The number of ether oxygens (including phenoxy) is 1. The van der Waals surface area contributed by atoms with Crippen molar-refractivity contribution in [2.24, 2.45) is 4.99 Å². The van der Waals surface area contributed by atoms with Crippen LogP contribution in [0.25, 0.3) is 6.08 Å². The summed E-state index contributed by atoms with van der Waals surface area (Å²) in [4.78, 5) is 38.0. The Kier molecular flexibility index (Phi) is 6.09. The van der Waals surface area contributed by atoms with E-state index < -0.39 is 16.5 Å². The first-order valence-electron chi connectivity index (χ1n) is 10.5. The molecule has 1 aliphatic carbocycles. The molecule has 9 nitrogen and oxygen atoms in total. The minimum atomic E-state index is -0.588. The van der Waals surface area contributed by atoms with Crippen LogP contribution >= 0.6 is 0 Å². The van der Waals surface area contributed by atoms with E-state index in [1.165, 1.54) is 24.3 Å². The van der Waals surface area contributed by atoms with Gasteiger partial charge in [0.2, 0.25) is 17.5 Å². The number of carbonyl (C=O) groups excluding carboxylic acids is 2. The number of guanidine groups is 1. The lowest BCUT2D eigenvalue weighted by Gasteiger charge is -2.28. The number of nitrogens with zero attached hydrogens (tertiary/aromatic N) is 2. The standard InChI is InChI=1S/C25H22N4O5/c1-25(2)12-11-17-14-19(6-10-23(17)34-25)28-24(26-15-16-3-9-21(30)22(31)13-16)27-18-4-7-20(8-5-18)29(32)33/h3-14H,15H2,1-2H3,(H2,26,27,28). The summed E-state index contributed by atoms with van der Waals surface area (Å²) in [5.41, 5.74) is 2.39. The molecule has 34 heavy (non-hydrogen) atoms. The lowest BCUT2D eigenvalue weighted by atomic mass is 10.0. The molecule has 0 bridgehead atoms. The quantitative estimate of drug-likeness (QED) is 0.171. The molecule has 0 saturated carbocycles. The van der Waals surface area contributed by atoms with E-state index >= 15 is 0 Å². The number of rotatable bonds is 5. The summed E-state index contributed by atoms with van der Waals surface area (Å²) in [5, 5.41) is 17.2. The molecule has 2 aromatic rings. The summed E-state index contributed by atoms with van der Waals surface area (Å²) >= 11 is 0. The highest BCUT2D eigenvalue weighted by atomic mass is 16.6. The number of fused-ring (bicyclic) bond motifs is 1. The highest BCUT2D eigenvalue weighted by Gasteiger charge is 2.21. The fourth-order valence-corrected chi connectivity index (χ4v) is 3.33. The van der Waals surface area contributed by atoms with Crippen molar-refractivity contribution in [2.75, 3.05) is 17.2 Å². The van der Waals surface area contributed by atoms with Crippen LogP contribution in [0.15, 0.2) is 77.3 Å². The zero-order chi connectivity index (χ0) is 24.3. The molecule has 0 radical (unpaired) electrons. The van der Waals surface area contributed by atoms with Crippen LogP contribution in [0.1, 0.15) is 19.4 Å². The Balaban J connectivity index is 1.58. The van der Waals surface area contributed by atoms with Gasteiger partial charge in [-0.05, 0) is 68.0 Å². The Morgan fingerprint density at radius 1 is 1.00 bits per heavy atom. The van der Waals surface area contributed by atoms with E-state index in [-0.39, 0.29) is 17.8 Å². The van der Waals surface area contributed by atoms with Crippen LogP contribution in [0.4, 0.5) is 17.1 Å². The molecule has 2 aliphatic rings. The first-order chi connectivity index (χ1) is 16.2. The molecule has 0 unspecified atom stereocenters. The Morgan fingerprint density at radius 3 is 2.41 bits per heavy atom. The van der Waals surface area contributed by atoms with E-state index in [0.29, 0.717) is 17.2 Å². The van der Waals surface area contributed by atoms with Gasteiger partial charge in [0.1, 0.15) is 11.4 Å². The average Bonchev–Trinajstić information content (AvgIpc) is 2.79. The van der Waals surface area contributed by atoms with E-state index in [1.807, 2.05) is 44.2 Å². The van der Waals surface area contributed by atoms with Crippen molar-refractivity contribution in [3.8, 4) is 5.75 Å². The molecule has 2 aromatic carbocycles. The highest BCUT2D eigenvalue weighted by Crippen LogP contribution is 2.32. The minimum absolute atomic E-state index is 0.0259. The number of carbonyl (C=O) groups is 2. The third-order valence-electron chi connectivity index (χ3n) is 5.08. The average molecular weight is 458 g/mol. The second kappa shape index (κ2) is 9.14. The largest absolute Gasteiger partial charge is 0.483 e. The number of aliphatic imine (C=N–C) groups is 1. The molecule has 4 rings (SSSR count). The number of hydrogen-bond donors (Lipinski definition) is 2. The normalized spacial score (nSPS) is 16.4. The van der Waals surface area contributed by atoms with Crippen molar-refractivity contribution in [1.82, 2.24) is 0 Å². The summed E-state index contributed by atoms with van der Waals surface area (Å²) in [7, 11) is 0. The molecule has 0 fully saturated rings. The van der Waals surface area contributed by atoms with Crippen LogP contribution in [-0.2, 0) is 9.59 Å². The third-order valence-corrected chi connectivity index (χ3v) is 5.08. The van der Waals surface area contributed by atoms with Crippen LogP contribution in [0.5, 0.6) is 5.75 Å². The van der Waals surface area contributed by atoms with Gasteiger partial charge in [0.15, 0.2) is 0 Å². The number of hydrogen-bond acceptors (Lipinski definition) is 6. The maximum Gasteiger partial charge on any atom is 0.269 e. The molecule has 0 saturated heterocycles. The van der Waals surface area contributed by atoms with Crippen LogP contribution in [0, 0.1) is 10.1 Å².